The number of nitrogens with two attached hydrogens (primary N) is 2. The lowest BCUT2D eigenvalue weighted by Gasteiger charge is -2.22. The minimum absolute atomic E-state index is 0.0221. The van der Waals surface area contributed by atoms with Crippen LogP contribution < -0.4 is 19.9 Å². The molecule has 0 unspecified atom stereocenters. The molecule has 0 spiro atoms. The summed E-state index contributed by atoms with van der Waals surface area (Å²) in [6.45, 7) is 1.75. The molecule has 1 saturated carbocycles. The lowest BCUT2D eigenvalue weighted by atomic mass is 10.1. The highest BCUT2D eigenvalue weighted by Gasteiger charge is 2.37. The number of carbonyl (C=O) groups is 1. The number of H-pyrrole nitrogens is 1. The van der Waals surface area contributed by atoms with Crippen molar-refractivity contribution < 1.29 is 26.7 Å². The number of hydrogen-bond acceptors (Lipinski definition) is 7. The Morgan fingerprint density at radius 3 is 2.56 bits per heavy atom. The number of aromatic nitrogens is 4. The van der Waals surface area contributed by atoms with E-state index in [1.165, 1.54) is 41.3 Å². The molecule has 0 aliphatic heterocycles. The van der Waals surface area contributed by atoms with Crippen molar-refractivity contribution in [2.75, 3.05) is 10.0 Å². The maximum Gasteiger partial charge on any atom is 0.299 e. The molecule has 14 heteroatoms. The molecule has 0 amide bonds. The van der Waals surface area contributed by atoms with Crippen LogP contribution in [0.15, 0.2) is 60.9 Å². The monoisotopic (exact) mass is 579 g/mol. The van der Waals surface area contributed by atoms with Crippen LogP contribution in [-0.4, -0.2) is 40.0 Å². The summed E-state index contributed by atoms with van der Waals surface area (Å²) in [7, 11) is -4.20. The lowest BCUT2D eigenvalue weighted by Crippen LogP contribution is -2.39. The van der Waals surface area contributed by atoms with Crippen molar-refractivity contribution in [3.63, 3.8) is 0 Å². The summed E-state index contributed by atoms with van der Waals surface area (Å²) in [4.78, 5) is 20.5. The molecule has 41 heavy (non-hydrogen) atoms. The summed E-state index contributed by atoms with van der Waals surface area (Å²) in [6, 6.07) is 11.0. The number of nitrogens with zero attached hydrogens (tertiary/aromatic N) is 4. The topological polar surface area (TPSA) is 162 Å². The minimum atomic E-state index is -4.20. The Hall–Kier alpha value is -4.82. The number of nitrogens with one attached hydrogen (secondary N) is 1. The predicted molar refractivity (Wildman–Crippen MR) is 147 cm³/mol. The van der Waals surface area contributed by atoms with Gasteiger partial charge in [0.1, 0.15) is 11.6 Å². The summed E-state index contributed by atoms with van der Waals surface area (Å²) in [5.74, 6) is -1.62. The van der Waals surface area contributed by atoms with Crippen molar-refractivity contribution in [2.24, 2.45) is 5.14 Å². The molecule has 0 saturated heterocycles. The number of benzene rings is 2. The van der Waals surface area contributed by atoms with Crippen LogP contribution in [0, 0.1) is 18.6 Å². The van der Waals surface area contributed by atoms with Gasteiger partial charge in [0.2, 0.25) is 11.7 Å². The highest BCUT2D eigenvalue weighted by Crippen LogP contribution is 2.37. The average molecular weight is 580 g/mol. The molecular formula is C27H23F2N7O4S. The van der Waals surface area contributed by atoms with Gasteiger partial charge in [-0.3, -0.25) is 9.10 Å². The zero-order valence-corrected chi connectivity index (χ0v) is 22.3. The highest BCUT2D eigenvalue weighted by molar-refractivity contribution is 7.90. The first-order chi connectivity index (χ1) is 19.5. The molecule has 0 bridgehead atoms. The van der Waals surface area contributed by atoms with E-state index >= 15 is 0 Å². The van der Waals surface area contributed by atoms with E-state index in [-0.39, 0.29) is 34.4 Å². The number of aryl methyl sites for hydroxylation is 1. The molecule has 6 rings (SSSR count). The Labute approximate surface area is 232 Å². The van der Waals surface area contributed by atoms with Gasteiger partial charge in [-0.15, -0.1) is 0 Å². The SMILES string of the molecule is Cc1cc(Oc2ccccc2F)ncc1-n1ncc(C(=O)c2cc3cc(F)c(N(C4CC4)S(N)(=O)=O)cc3[nH]2)c1N. The van der Waals surface area contributed by atoms with Gasteiger partial charge >= 0.3 is 0 Å². The number of fused-ring (bicyclic) bond motifs is 1. The van der Waals surface area contributed by atoms with Gasteiger partial charge in [0.05, 0.1) is 35.0 Å². The number of nitrogen functional groups attached to an aromatic ring is 1. The number of pyridine rings is 1. The molecule has 5 aromatic rings. The first-order valence-corrected chi connectivity index (χ1v) is 13.9. The van der Waals surface area contributed by atoms with Crippen LogP contribution in [-0.2, 0) is 10.2 Å². The van der Waals surface area contributed by atoms with E-state index in [9.17, 15) is 22.0 Å². The Kier molecular flexibility index (Phi) is 6.23. The molecule has 3 heterocycles. The first-order valence-electron chi connectivity index (χ1n) is 12.4. The zero-order valence-electron chi connectivity index (χ0n) is 21.5. The lowest BCUT2D eigenvalue weighted by molar-refractivity contribution is 0.103. The second-order valence-electron chi connectivity index (χ2n) is 9.67. The van der Waals surface area contributed by atoms with Crippen molar-refractivity contribution in [1.82, 2.24) is 19.7 Å². The van der Waals surface area contributed by atoms with Gasteiger partial charge in [0.25, 0.3) is 10.2 Å². The van der Waals surface area contributed by atoms with Gasteiger partial charge in [0, 0.05) is 23.0 Å². The van der Waals surface area contributed by atoms with Gasteiger partial charge in [-0.2, -0.15) is 13.5 Å². The smallest absolute Gasteiger partial charge is 0.299 e. The molecule has 2 aromatic carbocycles. The summed E-state index contributed by atoms with van der Waals surface area (Å²) < 4.78 is 60.9. The normalized spacial score (nSPS) is 13.5. The maximum absolute atomic E-state index is 15.0. The summed E-state index contributed by atoms with van der Waals surface area (Å²) in [6.07, 6.45) is 3.88. The Balaban J connectivity index is 1.29. The van der Waals surface area contributed by atoms with Gasteiger partial charge in [0.15, 0.2) is 11.6 Å². The molecule has 1 fully saturated rings. The van der Waals surface area contributed by atoms with E-state index in [0.717, 1.165) is 10.4 Å². The Morgan fingerprint density at radius 2 is 1.88 bits per heavy atom. The van der Waals surface area contributed by atoms with Crippen molar-refractivity contribution in [3.8, 4) is 17.3 Å². The molecule has 210 valence electrons. The van der Waals surface area contributed by atoms with Crippen LogP contribution in [0.3, 0.4) is 0 Å². The van der Waals surface area contributed by atoms with E-state index in [2.05, 4.69) is 15.1 Å². The van der Waals surface area contributed by atoms with E-state index in [1.54, 1.807) is 25.1 Å². The molecule has 1 aliphatic rings. The van der Waals surface area contributed by atoms with E-state index in [4.69, 9.17) is 15.6 Å². The number of halogens is 2. The summed E-state index contributed by atoms with van der Waals surface area (Å²) >= 11 is 0. The number of ketones is 1. The van der Waals surface area contributed by atoms with Crippen molar-refractivity contribution in [2.45, 2.75) is 25.8 Å². The third-order valence-corrected chi connectivity index (χ3v) is 7.75. The second-order valence-corrected chi connectivity index (χ2v) is 11.1. The third-order valence-electron chi connectivity index (χ3n) is 6.71. The van der Waals surface area contributed by atoms with Crippen LogP contribution >= 0.6 is 0 Å². The standard InChI is InChI=1S/C27H23F2N7O4S/c1-14-8-25(40-24-5-3-2-4-18(24)28)32-13-23(14)35-27(30)17(12-33-35)26(37)21-10-15-9-19(29)22(11-20(15)34-21)36(16-6-7-16)41(31,38)39/h2-5,8-13,16,34H,6-7,30H2,1H3,(H2,31,38,39). The molecule has 3 aromatic heterocycles. The maximum atomic E-state index is 15.0. The number of aromatic amines is 1. The highest BCUT2D eigenvalue weighted by atomic mass is 32.2. The molecule has 5 N–H and O–H groups in total. The number of para-hydroxylation sites is 1. The minimum Gasteiger partial charge on any atom is -0.436 e. The van der Waals surface area contributed by atoms with Gasteiger partial charge in [-0.25, -0.2) is 23.6 Å². The van der Waals surface area contributed by atoms with E-state index in [0.29, 0.717) is 35.0 Å². The largest absolute Gasteiger partial charge is 0.436 e. The fraction of sp³-hybridized carbons (Fsp3) is 0.148. The second kappa shape index (κ2) is 9.67. The van der Waals surface area contributed by atoms with E-state index < -0.39 is 33.7 Å². The van der Waals surface area contributed by atoms with Gasteiger partial charge < -0.3 is 15.5 Å². The third kappa shape index (κ3) is 4.87. The molecule has 0 radical (unpaired) electrons. The molecular weight excluding hydrogens is 556 g/mol. The predicted octanol–water partition coefficient (Wildman–Crippen LogP) is 4.11. The fourth-order valence-electron chi connectivity index (χ4n) is 4.59. The molecule has 1 aliphatic carbocycles. The van der Waals surface area contributed by atoms with Crippen LogP contribution in [0.1, 0.15) is 34.5 Å². The van der Waals surface area contributed by atoms with Crippen molar-refractivity contribution in [3.05, 3.63) is 89.4 Å². The van der Waals surface area contributed by atoms with Crippen LogP contribution in [0.5, 0.6) is 11.6 Å². The van der Waals surface area contributed by atoms with Gasteiger partial charge in [-0.1, -0.05) is 12.1 Å². The van der Waals surface area contributed by atoms with Gasteiger partial charge in [-0.05, 0) is 55.7 Å². The summed E-state index contributed by atoms with van der Waals surface area (Å²) in [5.41, 5.74) is 7.74. The van der Waals surface area contributed by atoms with Crippen molar-refractivity contribution >= 4 is 38.4 Å². The Bertz CT molecular complexity index is 1950. The number of rotatable bonds is 8. The zero-order chi connectivity index (χ0) is 29.1. The Morgan fingerprint density at radius 1 is 1.12 bits per heavy atom. The fourth-order valence-corrected chi connectivity index (χ4v) is 5.63. The van der Waals surface area contributed by atoms with Crippen LogP contribution in [0.4, 0.5) is 20.3 Å². The molecule has 0 atom stereocenters. The first kappa shape index (κ1) is 26.4. The summed E-state index contributed by atoms with van der Waals surface area (Å²) in [5, 5.41) is 9.95. The number of carbonyl (C=O) groups excluding carboxylic acids is 1. The average Bonchev–Trinajstić information content (AvgIpc) is 3.53. The molecule has 11 nitrogen and oxygen atoms in total. The number of hydrogen-bond donors (Lipinski definition) is 3. The van der Waals surface area contributed by atoms with Crippen LogP contribution in [0.2, 0.25) is 0 Å². The van der Waals surface area contributed by atoms with Crippen molar-refractivity contribution in [1.29, 1.82) is 0 Å². The number of anilines is 2. The van der Waals surface area contributed by atoms with Crippen LogP contribution in [0.25, 0.3) is 16.6 Å². The quantitative estimate of drug-likeness (QED) is 0.233. The van der Waals surface area contributed by atoms with E-state index in [1.807, 2.05) is 0 Å². The number of ether oxygens (including phenoxy) is 1.